The molecular formula is C5H7F3O2. The smallest absolute Gasteiger partial charge is 0.371 e. The largest absolute Gasteiger partial charge is 0.384 e. The quantitative estimate of drug-likeness (QED) is 0.565. The minimum Gasteiger partial charge on any atom is -0.371 e. The zero-order valence-electron chi connectivity index (χ0n) is 5.15. The molecule has 1 atom stereocenters. The molecule has 1 aliphatic rings. The SMILES string of the molecule is FCC(F)(F)OCC1CO1. The molecule has 1 unspecified atom stereocenters. The number of epoxide rings is 1. The summed E-state index contributed by atoms with van der Waals surface area (Å²) in [6.45, 7) is -1.57. The lowest BCUT2D eigenvalue weighted by atomic mass is 10.5. The van der Waals surface area contributed by atoms with Gasteiger partial charge in [0, 0.05) is 0 Å². The number of rotatable bonds is 4. The molecule has 0 amide bonds. The van der Waals surface area contributed by atoms with Gasteiger partial charge in [0.1, 0.15) is 6.10 Å². The van der Waals surface area contributed by atoms with Crippen LogP contribution in [0.2, 0.25) is 0 Å². The predicted octanol–water partition coefficient (Wildman–Crippen LogP) is 0.964. The minimum absolute atomic E-state index is 0.225. The molecule has 10 heavy (non-hydrogen) atoms. The lowest BCUT2D eigenvalue weighted by Gasteiger charge is -2.10. The van der Waals surface area contributed by atoms with E-state index in [9.17, 15) is 13.2 Å². The van der Waals surface area contributed by atoms with Crippen molar-refractivity contribution in [1.29, 1.82) is 0 Å². The summed E-state index contributed by atoms with van der Waals surface area (Å²) < 4.78 is 43.5. The maximum absolute atomic E-state index is 11.9. The molecule has 0 aliphatic carbocycles. The van der Waals surface area contributed by atoms with Gasteiger partial charge >= 0.3 is 6.11 Å². The Bertz CT molecular complexity index is 113. The van der Waals surface area contributed by atoms with E-state index in [1.54, 1.807) is 0 Å². The van der Waals surface area contributed by atoms with Crippen molar-refractivity contribution in [3.63, 3.8) is 0 Å². The van der Waals surface area contributed by atoms with Gasteiger partial charge in [0.2, 0.25) is 0 Å². The van der Waals surface area contributed by atoms with E-state index in [1.807, 2.05) is 0 Å². The summed E-state index contributed by atoms with van der Waals surface area (Å²) in [4.78, 5) is 0. The molecule has 1 heterocycles. The van der Waals surface area contributed by atoms with E-state index in [1.165, 1.54) is 0 Å². The fourth-order valence-electron chi connectivity index (χ4n) is 0.418. The van der Waals surface area contributed by atoms with E-state index >= 15 is 0 Å². The molecule has 1 saturated heterocycles. The van der Waals surface area contributed by atoms with E-state index in [0.29, 0.717) is 6.61 Å². The van der Waals surface area contributed by atoms with Crippen molar-refractivity contribution >= 4 is 0 Å². The molecule has 1 rings (SSSR count). The second kappa shape index (κ2) is 2.75. The summed E-state index contributed by atoms with van der Waals surface area (Å²) >= 11 is 0. The highest BCUT2D eigenvalue weighted by Crippen LogP contribution is 2.19. The van der Waals surface area contributed by atoms with Crippen LogP contribution in [-0.4, -0.2) is 32.1 Å². The third-order valence-corrected chi connectivity index (χ3v) is 1.04. The Morgan fingerprint density at radius 1 is 1.60 bits per heavy atom. The van der Waals surface area contributed by atoms with Crippen LogP contribution in [0.4, 0.5) is 13.2 Å². The summed E-state index contributed by atoms with van der Waals surface area (Å²) in [5.41, 5.74) is 0. The highest BCUT2D eigenvalue weighted by Gasteiger charge is 2.34. The summed E-state index contributed by atoms with van der Waals surface area (Å²) in [5.74, 6) is 0. The van der Waals surface area contributed by atoms with Crippen molar-refractivity contribution in [2.75, 3.05) is 19.9 Å². The van der Waals surface area contributed by atoms with Gasteiger partial charge in [-0.05, 0) is 0 Å². The molecule has 60 valence electrons. The van der Waals surface area contributed by atoms with Gasteiger partial charge in [-0.25, -0.2) is 4.39 Å². The van der Waals surface area contributed by atoms with Crippen LogP contribution < -0.4 is 0 Å². The first kappa shape index (κ1) is 7.81. The summed E-state index contributed by atoms with van der Waals surface area (Å²) in [5, 5.41) is 0. The molecule has 0 spiro atoms. The van der Waals surface area contributed by atoms with Gasteiger partial charge in [-0.3, -0.25) is 0 Å². The fraction of sp³-hybridized carbons (Fsp3) is 1.00. The maximum Gasteiger partial charge on any atom is 0.384 e. The maximum atomic E-state index is 11.9. The second-order valence-electron chi connectivity index (χ2n) is 2.04. The Hall–Kier alpha value is -0.290. The number of hydrogen-bond donors (Lipinski definition) is 0. The van der Waals surface area contributed by atoms with Crippen LogP contribution >= 0.6 is 0 Å². The standard InChI is InChI=1S/C5H7F3O2/c6-3-5(7,8)10-2-4-1-9-4/h4H,1-3H2. The molecule has 0 radical (unpaired) electrons. The van der Waals surface area contributed by atoms with Gasteiger partial charge < -0.3 is 9.47 Å². The minimum atomic E-state index is -3.63. The van der Waals surface area contributed by atoms with Crippen molar-refractivity contribution in [2.45, 2.75) is 12.2 Å². The zero-order valence-corrected chi connectivity index (χ0v) is 5.15. The van der Waals surface area contributed by atoms with E-state index in [2.05, 4.69) is 9.47 Å². The van der Waals surface area contributed by atoms with E-state index < -0.39 is 12.8 Å². The highest BCUT2D eigenvalue weighted by molar-refractivity contribution is 4.68. The Kier molecular flexibility index (Phi) is 2.15. The van der Waals surface area contributed by atoms with Crippen LogP contribution in [0.15, 0.2) is 0 Å². The van der Waals surface area contributed by atoms with E-state index in [-0.39, 0.29) is 12.7 Å². The first-order chi connectivity index (χ1) is 4.64. The van der Waals surface area contributed by atoms with Crippen molar-refractivity contribution in [2.24, 2.45) is 0 Å². The number of halogens is 3. The normalized spacial score (nSPS) is 24.9. The molecule has 2 nitrogen and oxygen atoms in total. The third kappa shape index (κ3) is 2.53. The van der Waals surface area contributed by atoms with Crippen molar-refractivity contribution in [3.8, 4) is 0 Å². The van der Waals surface area contributed by atoms with Gasteiger partial charge in [-0.15, -0.1) is 0 Å². The lowest BCUT2D eigenvalue weighted by Crippen LogP contribution is -2.25. The number of alkyl halides is 3. The molecule has 5 heteroatoms. The molecule has 1 aliphatic heterocycles. The Morgan fingerprint density at radius 3 is 2.60 bits per heavy atom. The molecular weight excluding hydrogens is 149 g/mol. The summed E-state index contributed by atoms with van der Waals surface area (Å²) in [6, 6.07) is 0. The van der Waals surface area contributed by atoms with Gasteiger partial charge in [0.05, 0.1) is 13.2 Å². The molecule has 0 saturated carbocycles. The summed E-state index contributed by atoms with van der Waals surface area (Å²) in [7, 11) is 0. The average molecular weight is 156 g/mol. The van der Waals surface area contributed by atoms with Gasteiger partial charge in [0.15, 0.2) is 6.67 Å². The van der Waals surface area contributed by atoms with Crippen LogP contribution in [0, 0.1) is 0 Å². The van der Waals surface area contributed by atoms with E-state index in [4.69, 9.17) is 0 Å². The van der Waals surface area contributed by atoms with Crippen molar-refractivity contribution in [3.05, 3.63) is 0 Å². The molecule has 0 aromatic rings. The van der Waals surface area contributed by atoms with Crippen LogP contribution in [-0.2, 0) is 9.47 Å². The van der Waals surface area contributed by atoms with Crippen molar-refractivity contribution in [1.82, 2.24) is 0 Å². The molecule has 0 bridgehead atoms. The van der Waals surface area contributed by atoms with E-state index in [0.717, 1.165) is 0 Å². The third-order valence-electron chi connectivity index (χ3n) is 1.04. The van der Waals surface area contributed by atoms with Gasteiger partial charge in [0.25, 0.3) is 0 Å². The second-order valence-corrected chi connectivity index (χ2v) is 2.04. The molecule has 0 N–H and O–H groups in total. The molecule has 1 fully saturated rings. The lowest BCUT2D eigenvalue weighted by molar-refractivity contribution is -0.247. The Balaban J connectivity index is 2.09. The van der Waals surface area contributed by atoms with Crippen LogP contribution in [0.25, 0.3) is 0 Å². The predicted molar refractivity (Wildman–Crippen MR) is 26.6 cm³/mol. The van der Waals surface area contributed by atoms with Crippen molar-refractivity contribution < 1.29 is 22.6 Å². The highest BCUT2D eigenvalue weighted by atomic mass is 19.3. The van der Waals surface area contributed by atoms with Crippen LogP contribution in [0.1, 0.15) is 0 Å². The topological polar surface area (TPSA) is 21.8 Å². The van der Waals surface area contributed by atoms with Gasteiger partial charge in [-0.2, -0.15) is 8.78 Å². The number of ether oxygens (including phenoxy) is 2. The molecule has 0 aromatic carbocycles. The summed E-state index contributed by atoms with van der Waals surface area (Å²) in [6.07, 6.45) is -3.89. The Labute approximate surface area is 55.9 Å². The zero-order chi connectivity index (χ0) is 7.61. The average Bonchev–Trinajstić information content (AvgIpc) is 2.66. The van der Waals surface area contributed by atoms with Crippen LogP contribution in [0.3, 0.4) is 0 Å². The first-order valence-electron chi connectivity index (χ1n) is 2.83. The fourth-order valence-corrected chi connectivity index (χ4v) is 0.418. The number of hydrogen-bond acceptors (Lipinski definition) is 2. The van der Waals surface area contributed by atoms with Gasteiger partial charge in [-0.1, -0.05) is 0 Å². The molecule has 0 aromatic heterocycles. The van der Waals surface area contributed by atoms with Crippen LogP contribution in [0.5, 0.6) is 0 Å². The first-order valence-corrected chi connectivity index (χ1v) is 2.83. The Morgan fingerprint density at radius 2 is 2.20 bits per heavy atom. The monoisotopic (exact) mass is 156 g/mol.